The van der Waals surface area contributed by atoms with E-state index in [1.807, 2.05) is 19.9 Å². The second-order valence-electron chi connectivity index (χ2n) is 7.69. The molecule has 1 atom stereocenters. The molecule has 3 aromatic carbocycles. The molecule has 2 amide bonds. The maximum Gasteiger partial charge on any atom is 0.265 e. The monoisotopic (exact) mass is 482 g/mol. The molecule has 34 heavy (non-hydrogen) atoms. The molecule has 0 heterocycles. The van der Waals surface area contributed by atoms with Gasteiger partial charge < -0.3 is 24.8 Å². The van der Waals surface area contributed by atoms with E-state index < -0.39 is 6.10 Å². The van der Waals surface area contributed by atoms with Crippen molar-refractivity contribution in [1.82, 2.24) is 0 Å². The van der Waals surface area contributed by atoms with Crippen LogP contribution in [0.2, 0.25) is 5.02 Å². The molecule has 0 aliphatic heterocycles. The molecule has 0 radical (unpaired) electrons. The Balaban J connectivity index is 1.78. The summed E-state index contributed by atoms with van der Waals surface area (Å²) >= 11 is 6.21. The van der Waals surface area contributed by atoms with Crippen molar-refractivity contribution in [1.29, 1.82) is 0 Å². The Bertz CT molecular complexity index is 1170. The number of aryl methyl sites for hydroxylation is 2. The van der Waals surface area contributed by atoms with Gasteiger partial charge in [0.25, 0.3) is 11.8 Å². The van der Waals surface area contributed by atoms with Gasteiger partial charge in [-0.05, 0) is 56.2 Å². The van der Waals surface area contributed by atoms with E-state index >= 15 is 0 Å². The highest BCUT2D eigenvalue weighted by Gasteiger charge is 2.20. The van der Waals surface area contributed by atoms with Crippen LogP contribution in [0.25, 0.3) is 0 Å². The molecular weight excluding hydrogens is 456 g/mol. The van der Waals surface area contributed by atoms with Crippen LogP contribution in [-0.4, -0.2) is 32.1 Å². The van der Waals surface area contributed by atoms with Crippen molar-refractivity contribution in [2.24, 2.45) is 0 Å². The van der Waals surface area contributed by atoms with Crippen molar-refractivity contribution in [2.75, 3.05) is 24.9 Å². The molecule has 1 unspecified atom stereocenters. The number of amides is 2. The van der Waals surface area contributed by atoms with E-state index in [1.54, 1.807) is 55.5 Å². The summed E-state index contributed by atoms with van der Waals surface area (Å²) in [6, 6.07) is 15.5. The lowest BCUT2D eigenvalue weighted by atomic mass is 10.1. The molecule has 8 heteroatoms. The zero-order chi connectivity index (χ0) is 24.8. The average molecular weight is 483 g/mol. The number of rotatable bonds is 8. The summed E-state index contributed by atoms with van der Waals surface area (Å²) in [6.07, 6.45) is -0.798. The summed E-state index contributed by atoms with van der Waals surface area (Å²) in [5.74, 6) is 0.575. The third kappa shape index (κ3) is 5.80. The Labute approximate surface area is 204 Å². The van der Waals surface area contributed by atoms with Gasteiger partial charge in [-0.3, -0.25) is 9.59 Å². The minimum Gasteiger partial charge on any atom is -0.494 e. The van der Waals surface area contributed by atoms with Crippen molar-refractivity contribution >= 4 is 34.8 Å². The second kappa shape index (κ2) is 10.9. The molecule has 0 aromatic heterocycles. The quantitative estimate of drug-likeness (QED) is 0.434. The standard InChI is InChI=1S/C26H27ClN2O5/c1-15-11-19(12-16(2)24(15)27)34-17(3)25(30)28-20-13-23(33-5)21(14-22(20)32-4)29-26(31)18-9-7-6-8-10-18/h6-14,17H,1-5H3,(H,28,30)(H,29,31). The lowest BCUT2D eigenvalue weighted by Gasteiger charge is -2.19. The first-order chi connectivity index (χ1) is 16.2. The van der Waals surface area contributed by atoms with Crippen molar-refractivity contribution < 1.29 is 23.8 Å². The number of halogens is 1. The first-order valence-electron chi connectivity index (χ1n) is 10.6. The minimum atomic E-state index is -0.798. The predicted octanol–water partition coefficient (Wildman–Crippen LogP) is 5.63. The molecule has 2 N–H and O–H groups in total. The van der Waals surface area contributed by atoms with Gasteiger partial charge in [0.15, 0.2) is 6.10 Å². The number of anilines is 2. The van der Waals surface area contributed by atoms with Crippen LogP contribution >= 0.6 is 11.6 Å². The molecule has 0 aliphatic rings. The molecular formula is C26H27ClN2O5. The van der Waals surface area contributed by atoms with Gasteiger partial charge in [0.2, 0.25) is 0 Å². The second-order valence-corrected chi connectivity index (χ2v) is 8.07. The van der Waals surface area contributed by atoms with Gasteiger partial charge >= 0.3 is 0 Å². The molecule has 7 nitrogen and oxygen atoms in total. The summed E-state index contributed by atoms with van der Waals surface area (Å²) in [4.78, 5) is 25.4. The Kier molecular flexibility index (Phi) is 8.02. The normalized spacial score (nSPS) is 11.4. The summed E-state index contributed by atoms with van der Waals surface area (Å²) in [7, 11) is 2.95. The van der Waals surface area contributed by atoms with Crippen LogP contribution in [0.3, 0.4) is 0 Å². The van der Waals surface area contributed by atoms with E-state index in [1.165, 1.54) is 14.2 Å². The van der Waals surface area contributed by atoms with E-state index in [0.717, 1.165) is 11.1 Å². The maximum absolute atomic E-state index is 12.8. The van der Waals surface area contributed by atoms with Crippen molar-refractivity contribution in [3.8, 4) is 17.2 Å². The number of hydrogen-bond donors (Lipinski definition) is 2. The van der Waals surface area contributed by atoms with Crippen LogP contribution in [0.1, 0.15) is 28.4 Å². The summed E-state index contributed by atoms with van der Waals surface area (Å²) < 4.78 is 16.7. The predicted molar refractivity (Wildman–Crippen MR) is 134 cm³/mol. The smallest absolute Gasteiger partial charge is 0.265 e. The highest BCUT2D eigenvalue weighted by Crippen LogP contribution is 2.37. The molecule has 0 aliphatic carbocycles. The Morgan fingerprint density at radius 1 is 0.853 bits per heavy atom. The largest absolute Gasteiger partial charge is 0.494 e. The fourth-order valence-electron chi connectivity index (χ4n) is 3.34. The molecule has 3 rings (SSSR count). The van der Waals surface area contributed by atoms with Gasteiger partial charge in [0, 0.05) is 22.7 Å². The lowest BCUT2D eigenvalue weighted by Crippen LogP contribution is -2.30. The minimum absolute atomic E-state index is 0.298. The fraction of sp³-hybridized carbons (Fsp3) is 0.231. The van der Waals surface area contributed by atoms with Crippen LogP contribution in [0.15, 0.2) is 54.6 Å². The number of carbonyl (C=O) groups is 2. The summed E-state index contributed by atoms with van der Waals surface area (Å²) in [5.41, 5.74) is 3.01. The number of hydrogen-bond acceptors (Lipinski definition) is 5. The highest BCUT2D eigenvalue weighted by molar-refractivity contribution is 6.32. The van der Waals surface area contributed by atoms with E-state index in [0.29, 0.717) is 39.2 Å². The number of ether oxygens (including phenoxy) is 3. The van der Waals surface area contributed by atoms with Gasteiger partial charge in [-0.2, -0.15) is 0 Å². The third-order valence-electron chi connectivity index (χ3n) is 5.16. The Hall–Kier alpha value is -3.71. The van der Waals surface area contributed by atoms with E-state index in [-0.39, 0.29) is 11.8 Å². The number of benzene rings is 3. The van der Waals surface area contributed by atoms with Crippen LogP contribution in [0, 0.1) is 13.8 Å². The average Bonchev–Trinajstić information content (AvgIpc) is 2.83. The maximum atomic E-state index is 12.8. The first kappa shape index (κ1) is 24.9. The summed E-state index contributed by atoms with van der Waals surface area (Å²) in [6.45, 7) is 5.40. The Morgan fingerprint density at radius 2 is 1.38 bits per heavy atom. The lowest BCUT2D eigenvalue weighted by molar-refractivity contribution is -0.122. The van der Waals surface area contributed by atoms with Crippen LogP contribution in [0.5, 0.6) is 17.2 Å². The summed E-state index contributed by atoms with van der Waals surface area (Å²) in [5, 5.41) is 6.28. The molecule has 0 spiro atoms. The molecule has 0 saturated heterocycles. The fourth-order valence-corrected chi connectivity index (χ4v) is 3.45. The van der Waals surface area contributed by atoms with Crippen molar-refractivity contribution in [3.63, 3.8) is 0 Å². The molecule has 0 saturated carbocycles. The van der Waals surface area contributed by atoms with E-state index in [4.69, 9.17) is 25.8 Å². The zero-order valence-corrected chi connectivity index (χ0v) is 20.4. The Morgan fingerprint density at radius 3 is 1.91 bits per heavy atom. The van der Waals surface area contributed by atoms with Crippen LogP contribution in [0.4, 0.5) is 11.4 Å². The number of methoxy groups -OCH3 is 2. The van der Waals surface area contributed by atoms with Gasteiger partial charge in [-0.1, -0.05) is 29.8 Å². The first-order valence-corrected chi connectivity index (χ1v) is 11.0. The van der Waals surface area contributed by atoms with Gasteiger partial charge in [-0.25, -0.2) is 0 Å². The van der Waals surface area contributed by atoms with Crippen molar-refractivity contribution in [2.45, 2.75) is 26.9 Å². The van der Waals surface area contributed by atoms with E-state index in [9.17, 15) is 9.59 Å². The zero-order valence-electron chi connectivity index (χ0n) is 19.7. The van der Waals surface area contributed by atoms with Gasteiger partial charge in [-0.15, -0.1) is 0 Å². The van der Waals surface area contributed by atoms with Gasteiger partial charge in [0.05, 0.1) is 25.6 Å². The third-order valence-corrected chi connectivity index (χ3v) is 5.75. The molecule has 0 fully saturated rings. The van der Waals surface area contributed by atoms with Crippen LogP contribution < -0.4 is 24.8 Å². The number of carbonyl (C=O) groups excluding carboxylic acids is 2. The van der Waals surface area contributed by atoms with Crippen molar-refractivity contribution in [3.05, 3.63) is 76.3 Å². The topological polar surface area (TPSA) is 85.9 Å². The van der Waals surface area contributed by atoms with Crippen LogP contribution in [-0.2, 0) is 4.79 Å². The molecule has 0 bridgehead atoms. The SMILES string of the molecule is COc1cc(NC(=O)C(C)Oc2cc(C)c(Cl)c(C)c2)c(OC)cc1NC(=O)c1ccccc1. The van der Waals surface area contributed by atoms with E-state index in [2.05, 4.69) is 10.6 Å². The highest BCUT2D eigenvalue weighted by atomic mass is 35.5. The van der Waals surface area contributed by atoms with Gasteiger partial charge in [0.1, 0.15) is 17.2 Å². The molecule has 3 aromatic rings. The number of nitrogens with one attached hydrogen (secondary N) is 2. The molecule has 178 valence electrons.